The average Bonchev–Trinajstić information content (AvgIpc) is 2.51. The topological polar surface area (TPSA) is 80.9 Å². The van der Waals surface area contributed by atoms with Crippen molar-refractivity contribution in [1.82, 2.24) is 9.36 Å². The second-order valence-electron chi connectivity index (χ2n) is 2.51. The number of alkyl halides is 2. The molecule has 0 aromatic carbocycles. The van der Waals surface area contributed by atoms with Gasteiger partial charge in [0.15, 0.2) is 0 Å². The molecule has 0 unspecified atom stereocenters. The molecule has 0 aliphatic carbocycles. The largest absolute Gasteiger partial charge is 0.336 e. The van der Waals surface area contributed by atoms with E-state index in [1.165, 1.54) is 0 Å². The molecule has 0 saturated carbocycles. The summed E-state index contributed by atoms with van der Waals surface area (Å²) >= 11 is 0.837. The summed E-state index contributed by atoms with van der Waals surface area (Å²) in [7, 11) is 0. The lowest BCUT2D eigenvalue weighted by atomic mass is 10.3. The van der Waals surface area contributed by atoms with E-state index in [-0.39, 0.29) is 5.13 Å². The number of halogens is 2. The smallest absolute Gasteiger partial charge is 0.325 e. The van der Waals surface area contributed by atoms with Gasteiger partial charge in [-0.15, -0.1) is 0 Å². The Morgan fingerprint density at radius 3 is 2.79 bits per heavy atom. The van der Waals surface area contributed by atoms with Crippen LogP contribution in [0.5, 0.6) is 0 Å². The highest BCUT2D eigenvalue weighted by molar-refractivity contribution is 7.09. The van der Waals surface area contributed by atoms with Crippen LogP contribution in [0, 0.1) is 6.92 Å². The molecule has 0 saturated heterocycles. The Kier molecular flexibility index (Phi) is 3.06. The Bertz CT molecular complexity index is 340. The molecule has 14 heavy (non-hydrogen) atoms. The third kappa shape index (κ3) is 2.42. The van der Waals surface area contributed by atoms with Gasteiger partial charge in [0.1, 0.15) is 5.82 Å². The SMILES string of the molecule is Cc1nsc(NC(=O)C(F)(F)CN)n1. The fraction of sp³-hybridized carbons (Fsp3) is 0.500. The van der Waals surface area contributed by atoms with Gasteiger partial charge in [0.05, 0.1) is 6.54 Å². The van der Waals surface area contributed by atoms with Crippen molar-refractivity contribution in [3.8, 4) is 0 Å². The monoisotopic (exact) mass is 222 g/mol. The number of anilines is 1. The van der Waals surface area contributed by atoms with Gasteiger partial charge in [-0.25, -0.2) is 4.98 Å². The number of carbonyl (C=O) groups excluding carboxylic acids is 1. The highest BCUT2D eigenvalue weighted by Crippen LogP contribution is 2.16. The fourth-order valence-corrected chi connectivity index (χ4v) is 1.20. The third-order valence-corrected chi connectivity index (χ3v) is 2.06. The zero-order valence-corrected chi connectivity index (χ0v) is 8.07. The minimum absolute atomic E-state index is 0.0422. The Labute approximate surface area is 82.5 Å². The van der Waals surface area contributed by atoms with Gasteiger partial charge in [-0.05, 0) is 6.92 Å². The van der Waals surface area contributed by atoms with Crippen molar-refractivity contribution in [2.24, 2.45) is 5.73 Å². The number of nitrogens with two attached hydrogens (primary N) is 1. The molecule has 0 atom stereocenters. The summed E-state index contributed by atoms with van der Waals surface area (Å²) in [6.07, 6.45) is 0. The number of aryl methyl sites for hydroxylation is 1. The zero-order valence-electron chi connectivity index (χ0n) is 7.25. The van der Waals surface area contributed by atoms with E-state index in [9.17, 15) is 13.6 Å². The fourth-order valence-electron chi connectivity index (χ4n) is 0.629. The van der Waals surface area contributed by atoms with Crippen LogP contribution in [0.15, 0.2) is 0 Å². The van der Waals surface area contributed by atoms with E-state index in [1.807, 2.05) is 5.32 Å². The van der Waals surface area contributed by atoms with E-state index in [1.54, 1.807) is 6.92 Å². The number of hydrogen-bond donors (Lipinski definition) is 2. The summed E-state index contributed by atoms with van der Waals surface area (Å²) in [6.45, 7) is 0.559. The summed E-state index contributed by atoms with van der Waals surface area (Å²) in [4.78, 5) is 14.6. The molecule has 5 nitrogen and oxygen atoms in total. The van der Waals surface area contributed by atoms with Crippen molar-refractivity contribution in [1.29, 1.82) is 0 Å². The van der Waals surface area contributed by atoms with Gasteiger partial charge in [-0.1, -0.05) is 0 Å². The first kappa shape index (κ1) is 10.9. The Balaban J connectivity index is 2.66. The highest BCUT2D eigenvalue weighted by atomic mass is 32.1. The van der Waals surface area contributed by atoms with Gasteiger partial charge < -0.3 is 5.73 Å². The molecule has 0 spiro atoms. The van der Waals surface area contributed by atoms with Crippen molar-refractivity contribution < 1.29 is 13.6 Å². The lowest BCUT2D eigenvalue weighted by molar-refractivity contribution is -0.138. The van der Waals surface area contributed by atoms with Crippen LogP contribution < -0.4 is 11.1 Å². The van der Waals surface area contributed by atoms with E-state index < -0.39 is 18.4 Å². The number of aromatic nitrogens is 2. The van der Waals surface area contributed by atoms with Crippen LogP contribution in [0.1, 0.15) is 5.82 Å². The molecular formula is C6H8F2N4OS. The van der Waals surface area contributed by atoms with E-state index in [2.05, 4.69) is 9.36 Å². The van der Waals surface area contributed by atoms with Gasteiger partial charge in [0, 0.05) is 11.5 Å². The Morgan fingerprint density at radius 1 is 1.71 bits per heavy atom. The molecule has 3 N–H and O–H groups in total. The standard InChI is InChI=1S/C6H8F2N4OS/c1-3-10-5(14-12-3)11-4(13)6(7,8)2-9/h2,9H2,1H3,(H,10,11,12,13). The van der Waals surface area contributed by atoms with Crippen LogP contribution in [0.2, 0.25) is 0 Å². The predicted octanol–water partition coefficient (Wildman–Crippen LogP) is 0.379. The van der Waals surface area contributed by atoms with Crippen molar-refractivity contribution in [2.75, 3.05) is 11.9 Å². The first-order chi connectivity index (χ1) is 6.45. The Morgan fingerprint density at radius 2 is 2.36 bits per heavy atom. The first-order valence-corrected chi connectivity index (χ1v) is 4.42. The normalized spacial score (nSPS) is 11.4. The molecule has 0 bridgehead atoms. The molecular weight excluding hydrogens is 214 g/mol. The first-order valence-electron chi connectivity index (χ1n) is 3.65. The minimum atomic E-state index is -3.57. The number of nitrogens with zero attached hydrogens (tertiary/aromatic N) is 2. The molecule has 0 aliphatic rings. The number of nitrogens with one attached hydrogen (secondary N) is 1. The van der Waals surface area contributed by atoms with Crippen molar-refractivity contribution in [3.05, 3.63) is 5.82 Å². The number of hydrogen-bond acceptors (Lipinski definition) is 5. The summed E-state index contributed by atoms with van der Waals surface area (Å²) in [5.74, 6) is -4.61. The molecule has 78 valence electrons. The van der Waals surface area contributed by atoms with Crippen molar-refractivity contribution in [3.63, 3.8) is 0 Å². The Hall–Kier alpha value is -1.15. The second-order valence-corrected chi connectivity index (χ2v) is 3.26. The lowest BCUT2D eigenvalue weighted by Gasteiger charge is -2.11. The number of rotatable bonds is 3. The second kappa shape index (κ2) is 3.93. The van der Waals surface area contributed by atoms with Crippen LogP contribution in [0.3, 0.4) is 0 Å². The quantitative estimate of drug-likeness (QED) is 0.774. The van der Waals surface area contributed by atoms with Crippen LogP contribution in [0.25, 0.3) is 0 Å². The van der Waals surface area contributed by atoms with Gasteiger partial charge in [-0.2, -0.15) is 13.2 Å². The molecule has 1 aromatic rings. The van der Waals surface area contributed by atoms with E-state index in [0.29, 0.717) is 5.82 Å². The van der Waals surface area contributed by atoms with E-state index >= 15 is 0 Å². The minimum Gasteiger partial charge on any atom is -0.325 e. The summed E-state index contributed by atoms with van der Waals surface area (Å²) in [5.41, 5.74) is 4.72. The number of carbonyl (C=O) groups is 1. The average molecular weight is 222 g/mol. The summed E-state index contributed by atoms with van der Waals surface area (Å²) < 4.78 is 29.0. The molecule has 0 fully saturated rings. The molecule has 0 aliphatic heterocycles. The molecule has 1 amide bonds. The number of amides is 1. The van der Waals surface area contributed by atoms with Crippen LogP contribution in [-0.4, -0.2) is 27.7 Å². The van der Waals surface area contributed by atoms with Crippen molar-refractivity contribution >= 4 is 22.6 Å². The van der Waals surface area contributed by atoms with Crippen molar-refractivity contribution in [2.45, 2.75) is 12.8 Å². The summed E-state index contributed by atoms with van der Waals surface area (Å²) in [5, 5.41) is 1.97. The van der Waals surface area contributed by atoms with Crippen LogP contribution >= 0.6 is 11.5 Å². The predicted molar refractivity (Wildman–Crippen MR) is 47.3 cm³/mol. The van der Waals surface area contributed by atoms with Crippen LogP contribution in [-0.2, 0) is 4.79 Å². The van der Waals surface area contributed by atoms with Crippen LogP contribution in [0.4, 0.5) is 13.9 Å². The van der Waals surface area contributed by atoms with E-state index in [0.717, 1.165) is 11.5 Å². The third-order valence-electron chi connectivity index (χ3n) is 1.34. The molecule has 1 rings (SSSR count). The maximum Gasteiger partial charge on any atom is 0.336 e. The maximum atomic E-state index is 12.7. The van der Waals surface area contributed by atoms with Gasteiger partial charge >= 0.3 is 5.92 Å². The maximum absolute atomic E-state index is 12.7. The zero-order chi connectivity index (χ0) is 10.8. The van der Waals surface area contributed by atoms with Gasteiger partial charge in [-0.3, -0.25) is 10.1 Å². The molecule has 0 radical (unpaired) electrons. The summed E-state index contributed by atoms with van der Waals surface area (Å²) in [6, 6.07) is 0. The van der Waals surface area contributed by atoms with E-state index in [4.69, 9.17) is 5.73 Å². The van der Waals surface area contributed by atoms with Gasteiger partial charge in [0.25, 0.3) is 5.91 Å². The van der Waals surface area contributed by atoms with Gasteiger partial charge in [0.2, 0.25) is 5.13 Å². The molecule has 1 aromatic heterocycles. The highest BCUT2D eigenvalue weighted by Gasteiger charge is 2.37. The molecule has 8 heteroatoms. The molecule has 1 heterocycles. The lowest BCUT2D eigenvalue weighted by Crippen LogP contribution is -2.41.